The van der Waals surface area contributed by atoms with Crippen molar-refractivity contribution in [1.82, 2.24) is 5.32 Å². The van der Waals surface area contributed by atoms with Crippen molar-refractivity contribution in [3.05, 3.63) is 18.2 Å². The van der Waals surface area contributed by atoms with Gasteiger partial charge in [0, 0.05) is 23.4 Å². The minimum atomic E-state index is -1.00. The van der Waals surface area contributed by atoms with Crippen LogP contribution in [0.15, 0.2) is 23.1 Å². The highest BCUT2D eigenvalue weighted by Gasteiger charge is 2.30. The van der Waals surface area contributed by atoms with Gasteiger partial charge in [-0.05, 0) is 32.0 Å². The summed E-state index contributed by atoms with van der Waals surface area (Å²) in [6, 6.07) is 6.06. The Kier molecular flexibility index (Phi) is 4.80. The molecule has 1 aromatic carbocycles. The summed E-state index contributed by atoms with van der Waals surface area (Å²) in [7, 11) is 0.965. The first-order valence-electron chi connectivity index (χ1n) is 7.77. The Morgan fingerprint density at radius 2 is 1.86 bits per heavy atom. The Bertz CT molecular complexity index is 520. The smallest absolute Gasteiger partial charge is 0.162 e. The zero-order valence-corrected chi connectivity index (χ0v) is 13.3. The summed E-state index contributed by atoms with van der Waals surface area (Å²) in [5.41, 5.74) is 0. The number of hydrogen-bond acceptors (Lipinski definition) is 4. The highest BCUT2D eigenvalue weighted by atomic mass is 32.2. The van der Waals surface area contributed by atoms with E-state index in [2.05, 4.69) is 5.32 Å². The average molecular weight is 309 g/mol. The van der Waals surface area contributed by atoms with Gasteiger partial charge in [0.1, 0.15) is 0 Å². The molecule has 1 fully saturated rings. The minimum Gasteiger partial charge on any atom is -0.490 e. The van der Waals surface area contributed by atoms with E-state index in [1.54, 1.807) is 0 Å². The van der Waals surface area contributed by atoms with Crippen LogP contribution < -0.4 is 14.8 Å². The lowest BCUT2D eigenvalue weighted by molar-refractivity contribution is 0.297. The third-order valence-electron chi connectivity index (χ3n) is 4.30. The van der Waals surface area contributed by atoms with Crippen molar-refractivity contribution in [2.45, 2.75) is 48.3 Å². The van der Waals surface area contributed by atoms with Gasteiger partial charge in [-0.15, -0.1) is 0 Å². The summed E-state index contributed by atoms with van der Waals surface area (Å²) in [6.07, 6.45) is 5.40. The number of hydrogen-bond donors (Lipinski definition) is 1. The predicted octanol–water partition coefficient (Wildman–Crippen LogP) is 2.49. The third-order valence-corrected chi connectivity index (χ3v) is 6.13. The molecule has 1 aromatic rings. The Morgan fingerprint density at radius 3 is 2.67 bits per heavy atom. The van der Waals surface area contributed by atoms with Crippen LogP contribution in [-0.4, -0.2) is 35.8 Å². The summed E-state index contributed by atoms with van der Waals surface area (Å²) < 4.78 is 24.3. The number of nitrogens with one attached hydrogen (secondary N) is 1. The lowest BCUT2D eigenvalue weighted by atomic mass is 9.95. The van der Waals surface area contributed by atoms with Crippen molar-refractivity contribution in [3.63, 3.8) is 0 Å². The van der Waals surface area contributed by atoms with Gasteiger partial charge in [0.2, 0.25) is 0 Å². The SMILES string of the molecule is CNC1CCCCC1S(=O)c1ccc2c(c1)OCCCO2. The first-order valence-corrected chi connectivity index (χ1v) is 8.98. The van der Waals surface area contributed by atoms with Gasteiger partial charge in [-0.2, -0.15) is 0 Å². The molecule has 0 aromatic heterocycles. The Labute approximate surface area is 128 Å². The first-order chi connectivity index (χ1) is 10.3. The second-order valence-electron chi connectivity index (χ2n) is 5.67. The summed E-state index contributed by atoms with van der Waals surface area (Å²) >= 11 is 0. The molecule has 0 bridgehead atoms. The maximum Gasteiger partial charge on any atom is 0.162 e. The maximum atomic E-state index is 12.9. The molecule has 3 rings (SSSR count). The molecule has 0 saturated heterocycles. The monoisotopic (exact) mass is 309 g/mol. The van der Waals surface area contributed by atoms with E-state index in [0.717, 1.165) is 35.7 Å². The fourth-order valence-electron chi connectivity index (χ4n) is 3.13. The molecule has 2 aliphatic rings. The van der Waals surface area contributed by atoms with Crippen molar-refractivity contribution in [2.75, 3.05) is 20.3 Å². The van der Waals surface area contributed by atoms with E-state index >= 15 is 0 Å². The number of rotatable bonds is 3. The van der Waals surface area contributed by atoms with Crippen LogP contribution in [0.2, 0.25) is 0 Å². The highest BCUT2D eigenvalue weighted by Crippen LogP contribution is 2.34. The summed E-state index contributed by atoms with van der Waals surface area (Å²) in [5.74, 6) is 1.50. The van der Waals surface area contributed by atoms with Gasteiger partial charge >= 0.3 is 0 Å². The molecular formula is C16H23NO3S. The molecule has 0 spiro atoms. The van der Waals surface area contributed by atoms with Gasteiger partial charge in [0.15, 0.2) is 11.5 Å². The molecule has 116 valence electrons. The second kappa shape index (κ2) is 6.79. The van der Waals surface area contributed by atoms with Crippen molar-refractivity contribution in [2.24, 2.45) is 0 Å². The van der Waals surface area contributed by atoms with Crippen molar-refractivity contribution >= 4 is 10.8 Å². The molecule has 1 heterocycles. The van der Waals surface area contributed by atoms with E-state index in [-0.39, 0.29) is 5.25 Å². The number of ether oxygens (including phenoxy) is 2. The predicted molar refractivity (Wildman–Crippen MR) is 83.6 cm³/mol. The molecule has 1 N–H and O–H groups in total. The zero-order valence-electron chi connectivity index (χ0n) is 12.5. The first kappa shape index (κ1) is 14.9. The van der Waals surface area contributed by atoms with Crippen molar-refractivity contribution < 1.29 is 13.7 Å². The Morgan fingerprint density at radius 1 is 1.10 bits per heavy atom. The van der Waals surface area contributed by atoms with Gasteiger partial charge < -0.3 is 14.8 Å². The molecular weight excluding hydrogens is 286 g/mol. The van der Waals surface area contributed by atoms with Crippen molar-refractivity contribution in [1.29, 1.82) is 0 Å². The molecule has 0 amide bonds. The van der Waals surface area contributed by atoms with E-state index in [1.165, 1.54) is 12.8 Å². The fourth-order valence-corrected chi connectivity index (χ4v) is 4.85. The van der Waals surface area contributed by atoms with Crippen LogP contribution in [0.1, 0.15) is 32.1 Å². The summed E-state index contributed by atoms with van der Waals surface area (Å²) in [4.78, 5) is 0.853. The average Bonchev–Trinajstić information content (AvgIpc) is 2.78. The fraction of sp³-hybridized carbons (Fsp3) is 0.625. The molecule has 0 radical (unpaired) electrons. The Balaban J connectivity index is 1.82. The van der Waals surface area contributed by atoms with Crippen LogP contribution in [-0.2, 0) is 10.8 Å². The van der Waals surface area contributed by atoms with Crippen LogP contribution >= 0.6 is 0 Å². The molecule has 5 heteroatoms. The highest BCUT2D eigenvalue weighted by molar-refractivity contribution is 7.85. The third kappa shape index (κ3) is 3.24. The van der Waals surface area contributed by atoms with E-state index in [1.807, 2.05) is 25.2 Å². The topological polar surface area (TPSA) is 47.6 Å². The minimum absolute atomic E-state index is 0.188. The molecule has 21 heavy (non-hydrogen) atoms. The van der Waals surface area contributed by atoms with Gasteiger partial charge in [0.25, 0.3) is 0 Å². The molecule has 1 aliphatic heterocycles. The largest absolute Gasteiger partial charge is 0.490 e. The number of fused-ring (bicyclic) bond motifs is 1. The summed E-state index contributed by atoms with van der Waals surface area (Å²) in [6.45, 7) is 1.34. The van der Waals surface area contributed by atoms with Gasteiger partial charge in [-0.25, -0.2) is 0 Å². The van der Waals surface area contributed by atoms with E-state index in [9.17, 15) is 4.21 Å². The molecule has 1 aliphatic carbocycles. The van der Waals surface area contributed by atoms with Gasteiger partial charge in [0.05, 0.1) is 29.3 Å². The zero-order chi connectivity index (χ0) is 14.7. The maximum absolute atomic E-state index is 12.9. The lowest BCUT2D eigenvalue weighted by Crippen LogP contribution is -2.42. The van der Waals surface area contributed by atoms with E-state index in [4.69, 9.17) is 9.47 Å². The molecule has 3 atom stereocenters. The van der Waals surface area contributed by atoms with Crippen LogP contribution in [0.5, 0.6) is 11.5 Å². The van der Waals surface area contributed by atoms with Crippen molar-refractivity contribution in [3.8, 4) is 11.5 Å². The van der Waals surface area contributed by atoms with Crippen LogP contribution in [0.3, 0.4) is 0 Å². The van der Waals surface area contributed by atoms with Gasteiger partial charge in [-0.1, -0.05) is 12.8 Å². The Hall–Kier alpha value is -1.07. The van der Waals surface area contributed by atoms with E-state index in [0.29, 0.717) is 19.3 Å². The van der Waals surface area contributed by atoms with E-state index < -0.39 is 10.8 Å². The van der Waals surface area contributed by atoms with Gasteiger partial charge in [-0.3, -0.25) is 4.21 Å². The number of benzene rings is 1. The van der Waals surface area contributed by atoms with Crippen LogP contribution in [0.4, 0.5) is 0 Å². The quantitative estimate of drug-likeness (QED) is 0.932. The molecule has 1 saturated carbocycles. The van der Waals surface area contributed by atoms with Crippen LogP contribution in [0.25, 0.3) is 0 Å². The normalized spacial score (nSPS) is 26.9. The lowest BCUT2D eigenvalue weighted by Gasteiger charge is -2.30. The second-order valence-corrected chi connectivity index (χ2v) is 7.35. The summed E-state index contributed by atoms with van der Waals surface area (Å²) in [5, 5.41) is 3.52. The standard InChI is InChI=1S/C16H23NO3S/c1-17-13-5-2-3-6-16(13)21(18)12-7-8-14-15(11-12)20-10-4-9-19-14/h7-8,11,13,16-17H,2-6,9-10H2,1H3. The van der Waals surface area contributed by atoms with Crippen LogP contribution in [0, 0.1) is 0 Å². The molecule has 3 unspecified atom stereocenters. The molecule has 4 nitrogen and oxygen atoms in total.